The predicted octanol–water partition coefficient (Wildman–Crippen LogP) is 4.53. The van der Waals surface area contributed by atoms with Crippen molar-refractivity contribution in [2.45, 2.75) is 44.6 Å². The molecule has 1 saturated carbocycles. The largest absolute Gasteiger partial charge is 0.483 e. The third-order valence-electron chi connectivity index (χ3n) is 6.37. The quantitative estimate of drug-likeness (QED) is 0.661. The molecule has 5 nitrogen and oxygen atoms in total. The first-order valence-corrected chi connectivity index (χ1v) is 10.4. The van der Waals surface area contributed by atoms with E-state index in [0.29, 0.717) is 5.92 Å². The van der Waals surface area contributed by atoms with E-state index in [-0.39, 0.29) is 12.0 Å². The molecular weight excluding hydrogens is 362 g/mol. The van der Waals surface area contributed by atoms with Crippen LogP contribution in [-0.4, -0.2) is 34.5 Å². The lowest BCUT2D eigenvalue weighted by atomic mass is 9.90. The molecule has 2 heterocycles. The summed E-state index contributed by atoms with van der Waals surface area (Å²) in [6.45, 7) is 1.99. The summed E-state index contributed by atoms with van der Waals surface area (Å²) in [4.78, 5) is 19.3. The van der Waals surface area contributed by atoms with Crippen molar-refractivity contribution in [2.75, 3.05) is 14.1 Å². The van der Waals surface area contributed by atoms with Gasteiger partial charge in [0.1, 0.15) is 17.4 Å². The number of hydrogen-bond acceptors (Lipinski definition) is 3. The molecule has 3 aromatic rings. The van der Waals surface area contributed by atoms with Crippen LogP contribution in [0.4, 0.5) is 0 Å². The van der Waals surface area contributed by atoms with E-state index in [2.05, 4.69) is 24.3 Å². The lowest BCUT2D eigenvalue weighted by Crippen LogP contribution is -2.25. The number of aryl methyl sites for hydroxylation is 2. The molecule has 5 heteroatoms. The van der Waals surface area contributed by atoms with Crippen LogP contribution in [0.3, 0.4) is 0 Å². The number of rotatable bonds is 3. The van der Waals surface area contributed by atoms with Gasteiger partial charge in [0, 0.05) is 32.3 Å². The fourth-order valence-electron chi connectivity index (χ4n) is 4.52. The lowest BCUT2D eigenvalue weighted by Gasteiger charge is -2.30. The van der Waals surface area contributed by atoms with Crippen LogP contribution in [0.15, 0.2) is 30.3 Å². The van der Waals surface area contributed by atoms with Gasteiger partial charge in [-0.25, -0.2) is 4.98 Å². The molecule has 0 bridgehead atoms. The molecule has 2 aliphatic rings. The maximum absolute atomic E-state index is 12.9. The van der Waals surface area contributed by atoms with E-state index in [4.69, 9.17) is 9.72 Å². The van der Waals surface area contributed by atoms with Crippen LogP contribution in [0.2, 0.25) is 0 Å². The Bertz CT molecular complexity index is 1120. The average molecular weight is 389 g/mol. The molecule has 0 saturated heterocycles. The molecule has 2 aromatic carbocycles. The molecule has 1 fully saturated rings. The predicted molar refractivity (Wildman–Crippen MR) is 114 cm³/mol. The normalized spacial score (nSPS) is 18.4. The van der Waals surface area contributed by atoms with Gasteiger partial charge < -0.3 is 14.2 Å². The third-order valence-corrected chi connectivity index (χ3v) is 6.37. The highest BCUT2D eigenvalue weighted by molar-refractivity contribution is 6.01. The summed E-state index contributed by atoms with van der Waals surface area (Å²) in [5.41, 5.74) is 6.26. The zero-order chi connectivity index (χ0) is 20.3. The molecule has 1 aliphatic heterocycles. The molecule has 29 heavy (non-hydrogen) atoms. The van der Waals surface area contributed by atoms with E-state index in [1.54, 1.807) is 19.0 Å². The van der Waals surface area contributed by atoms with Gasteiger partial charge >= 0.3 is 0 Å². The summed E-state index contributed by atoms with van der Waals surface area (Å²) < 4.78 is 8.68. The number of benzene rings is 2. The molecule has 0 N–H and O–H groups in total. The van der Waals surface area contributed by atoms with Crippen molar-refractivity contribution in [1.82, 2.24) is 14.5 Å². The van der Waals surface area contributed by atoms with Gasteiger partial charge in [0.2, 0.25) is 0 Å². The monoisotopic (exact) mass is 389 g/mol. The Balaban J connectivity index is 1.66. The Morgan fingerprint density at radius 2 is 1.90 bits per heavy atom. The molecule has 0 unspecified atom stereocenters. The molecule has 0 spiro atoms. The Hall–Kier alpha value is -2.82. The third kappa shape index (κ3) is 2.91. The van der Waals surface area contributed by atoms with Gasteiger partial charge in [-0.1, -0.05) is 24.3 Å². The number of carbonyl (C=O) groups excluding carboxylic acids is 1. The highest BCUT2D eigenvalue weighted by Gasteiger charge is 2.33. The molecule has 0 radical (unpaired) electrons. The first kappa shape index (κ1) is 18.2. The standard InChI is InChI=1S/C24H27N3O2/c1-14-25-22-20(27(14)4)13-19(24(28)26(2)3)18-11-12-21(29-23(18)22)17-8-6-5-7-16(17)15-9-10-15/h5-8,13,15,21H,9-12H2,1-4H3/t21-/m0/s1. The van der Waals surface area contributed by atoms with Gasteiger partial charge in [-0.3, -0.25) is 4.79 Å². The fraction of sp³-hybridized carbons (Fsp3) is 0.417. The van der Waals surface area contributed by atoms with Gasteiger partial charge in [-0.15, -0.1) is 0 Å². The zero-order valence-corrected chi connectivity index (χ0v) is 17.5. The minimum Gasteiger partial charge on any atom is -0.483 e. The van der Waals surface area contributed by atoms with E-state index in [1.807, 2.05) is 24.6 Å². The van der Waals surface area contributed by atoms with E-state index < -0.39 is 0 Å². The number of amides is 1. The van der Waals surface area contributed by atoms with Crippen molar-refractivity contribution >= 4 is 16.9 Å². The second-order valence-electron chi connectivity index (χ2n) is 8.57. The highest BCUT2D eigenvalue weighted by atomic mass is 16.5. The van der Waals surface area contributed by atoms with E-state index in [9.17, 15) is 4.79 Å². The van der Waals surface area contributed by atoms with Crippen LogP contribution in [0, 0.1) is 6.92 Å². The second-order valence-corrected chi connectivity index (χ2v) is 8.57. The first-order chi connectivity index (χ1) is 14.0. The fourth-order valence-corrected chi connectivity index (χ4v) is 4.52. The Kier molecular flexibility index (Phi) is 4.16. The van der Waals surface area contributed by atoms with E-state index >= 15 is 0 Å². The number of carbonyl (C=O) groups is 1. The zero-order valence-electron chi connectivity index (χ0n) is 17.5. The summed E-state index contributed by atoms with van der Waals surface area (Å²) in [7, 11) is 5.58. The Morgan fingerprint density at radius 1 is 1.17 bits per heavy atom. The number of aromatic nitrogens is 2. The molecule has 5 rings (SSSR count). The second kappa shape index (κ2) is 6.61. The van der Waals surface area contributed by atoms with Crippen molar-refractivity contribution in [3.05, 3.63) is 58.4 Å². The Labute approximate surface area is 171 Å². The maximum atomic E-state index is 12.9. The molecular formula is C24H27N3O2. The van der Waals surface area contributed by atoms with Gasteiger partial charge in [0.05, 0.1) is 5.52 Å². The summed E-state index contributed by atoms with van der Waals surface area (Å²) in [5.74, 6) is 2.40. The SMILES string of the molecule is Cc1nc2c3c(c(C(=O)N(C)C)cc2n1C)CC[C@@H](c1ccccc1C1CC1)O3. The summed E-state index contributed by atoms with van der Waals surface area (Å²) in [6.07, 6.45) is 4.24. The van der Waals surface area contributed by atoms with Crippen LogP contribution in [0.5, 0.6) is 5.75 Å². The summed E-state index contributed by atoms with van der Waals surface area (Å²) in [6, 6.07) is 10.7. The van der Waals surface area contributed by atoms with Crippen molar-refractivity contribution in [3.63, 3.8) is 0 Å². The minimum absolute atomic E-state index is 0.00882. The van der Waals surface area contributed by atoms with E-state index in [0.717, 1.165) is 46.6 Å². The summed E-state index contributed by atoms with van der Waals surface area (Å²) in [5, 5.41) is 0. The molecule has 1 aliphatic carbocycles. The molecule has 1 atom stereocenters. The minimum atomic E-state index is 0.00882. The van der Waals surface area contributed by atoms with Crippen molar-refractivity contribution in [2.24, 2.45) is 7.05 Å². The molecule has 1 amide bonds. The first-order valence-electron chi connectivity index (χ1n) is 10.4. The summed E-state index contributed by atoms with van der Waals surface area (Å²) >= 11 is 0. The van der Waals surface area contributed by atoms with Crippen LogP contribution in [0.1, 0.15) is 64.2 Å². The van der Waals surface area contributed by atoms with Gasteiger partial charge in [0.25, 0.3) is 5.91 Å². The smallest absolute Gasteiger partial charge is 0.253 e. The van der Waals surface area contributed by atoms with Crippen LogP contribution >= 0.6 is 0 Å². The van der Waals surface area contributed by atoms with Gasteiger partial charge in [0.15, 0.2) is 5.75 Å². The van der Waals surface area contributed by atoms with E-state index in [1.165, 1.54) is 24.0 Å². The van der Waals surface area contributed by atoms with Crippen molar-refractivity contribution < 1.29 is 9.53 Å². The number of nitrogens with zero attached hydrogens (tertiary/aromatic N) is 3. The Morgan fingerprint density at radius 3 is 2.59 bits per heavy atom. The number of fused-ring (bicyclic) bond motifs is 3. The molecule has 1 aromatic heterocycles. The molecule has 150 valence electrons. The lowest BCUT2D eigenvalue weighted by molar-refractivity contribution is 0.0823. The van der Waals surface area contributed by atoms with Crippen LogP contribution in [0.25, 0.3) is 11.0 Å². The van der Waals surface area contributed by atoms with Crippen molar-refractivity contribution in [1.29, 1.82) is 0 Å². The van der Waals surface area contributed by atoms with Crippen LogP contribution < -0.4 is 4.74 Å². The number of hydrogen-bond donors (Lipinski definition) is 0. The van der Waals surface area contributed by atoms with Gasteiger partial charge in [-0.2, -0.15) is 0 Å². The number of imidazole rings is 1. The van der Waals surface area contributed by atoms with Gasteiger partial charge in [-0.05, 0) is 55.7 Å². The van der Waals surface area contributed by atoms with Crippen LogP contribution in [-0.2, 0) is 13.5 Å². The highest BCUT2D eigenvalue weighted by Crippen LogP contribution is 2.47. The maximum Gasteiger partial charge on any atom is 0.253 e. The number of ether oxygens (including phenoxy) is 1. The average Bonchev–Trinajstić information content (AvgIpc) is 3.53. The topological polar surface area (TPSA) is 47.4 Å². The van der Waals surface area contributed by atoms with Crippen molar-refractivity contribution in [3.8, 4) is 5.75 Å².